The number of nitrogen functional groups attached to an aromatic ring is 1. The molecule has 14 nitrogen and oxygen atoms in total. The molecule has 0 atom stereocenters. The number of aldehydes is 1. The van der Waals surface area contributed by atoms with E-state index in [1.165, 1.54) is 19.4 Å². The van der Waals surface area contributed by atoms with E-state index in [4.69, 9.17) is 64.7 Å². The predicted octanol–water partition coefficient (Wildman–Crippen LogP) is 13.3. The van der Waals surface area contributed by atoms with E-state index in [0.29, 0.717) is 76.4 Å². The van der Waals surface area contributed by atoms with Crippen LogP contribution in [0.3, 0.4) is 0 Å². The molecule has 15 heteroatoms. The topological polar surface area (TPSA) is 169 Å². The Labute approximate surface area is 418 Å². The molecule has 0 aliphatic carbocycles. The van der Waals surface area contributed by atoms with Gasteiger partial charge in [0.05, 0.1) is 47.7 Å². The summed E-state index contributed by atoms with van der Waals surface area (Å²) in [6.07, 6.45) is 2.23. The first kappa shape index (κ1) is 60.0. The average molecular weight is 984 g/mol. The van der Waals surface area contributed by atoms with Gasteiger partial charge in [-0.15, -0.1) is 0 Å². The molecule has 0 saturated heterocycles. The Morgan fingerprint density at radius 2 is 0.857 bits per heavy atom. The lowest BCUT2D eigenvalue weighted by molar-refractivity contribution is 0.112. The molecule has 376 valence electrons. The minimum absolute atomic E-state index is 0. The van der Waals surface area contributed by atoms with E-state index in [1.807, 2.05) is 72.8 Å². The lowest BCUT2D eigenvalue weighted by atomic mass is 10.2. The van der Waals surface area contributed by atoms with Crippen LogP contribution in [0.2, 0.25) is 5.02 Å². The second-order valence-electron chi connectivity index (χ2n) is 13.7. The molecule has 0 radical (unpaired) electrons. The van der Waals surface area contributed by atoms with Gasteiger partial charge in [0.15, 0.2) is 46.1 Å². The molecule has 0 amide bonds. The number of anilines is 1. The molecular weight excluding hydrogens is 916 g/mol. The van der Waals surface area contributed by atoms with Crippen molar-refractivity contribution in [2.75, 3.05) is 48.4 Å². The maximum Gasteiger partial charge on any atom is 0.170 e. The van der Waals surface area contributed by atoms with Crippen LogP contribution in [-0.2, 0) is 19.8 Å². The number of carbonyl (C=O) groups excluding carboxylic acids is 1. The molecule has 0 aliphatic rings. The Morgan fingerprint density at radius 3 is 1.27 bits per heavy atom. The third-order valence-corrected chi connectivity index (χ3v) is 9.55. The molecule has 70 heavy (non-hydrogen) atoms. The number of carbonyl (C=O) groups is 1. The van der Waals surface area contributed by atoms with Crippen LogP contribution >= 0.6 is 11.6 Å². The van der Waals surface area contributed by atoms with Crippen molar-refractivity contribution in [2.45, 2.75) is 49.5 Å². The van der Waals surface area contributed by atoms with E-state index < -0.39 is 0 Å². The standard InChI is InChI=1S/C20H19ClN2O4.C16H16O4.C15H16O4.4CH4/c1-24-15-5-3-13(4-6-15)12-26-17-8-7-16(10-18(17)25-2)27-19-9-14(21)11-23-20(19)22;1-18-14-6-3-12(4-7-14)11-20-15-8-5-13(10-17)9-16(15)19-2;1-17-13-6-3-11(4-7-13)10-19-14-8-5-12(16)9-15(14)18-2;;;;/h3-11H,12H2,1-2H3,(H2,22,23);3-10H,11H2,1-2H3;3-9,16H,10H2,1-2H3;4*1H4. The first-order chi connectivity index (χ1) is 32.1. The summed E-state index contributed by atoms with van der Waals surface area (Å²) in [4.78, 5) is 14.7. The SMILES string of the molecule is C.C.C.C.COc1ccc(COc2ccc(C=O)cc2OC)cc1.COc1ccc(COc2ccc(O)cc2OC)cc1.COc1ccc(COc2ccc(Oc3cc(Cl)cnc3N)cc2OC)cc1. The number of aromatic hydroxyl groups is 1. The monoisotopic (exact) mass is 982 g/mol. The molecule has 0 spiro atoms. The quantitative estimate of drug-likeness (QED) is 0.0779. The summed E-state index contributed by atoms with van der Waals surface area (Å²) in [5.74, 6) is 7.09. The fourth-order valence-electron chi connectivity index (χ4n) is 5.77. The van der Waals surface area contributed by atoms with Crippen molar-refractivity contribution in [1.29, 1.82) is 0 Å². The molecule has 1 aromatic heterocycles. The van der Waals surface area contributed by atoms with Gasteiger partial charge in [-0.05, 0) is 95.6 Å². The fraction of sp³-hybridized carbons (Fsp3) is 0.236. The van der Waals surface area contributed by atoms with Crippen LogP contribution in [-0.4, -0.2) is 59.0 Å². The Morgan fingerprint density at radius 1 is 0.471 bits per heavy atom. The largest absolute Gasteiger partial charge is 0.508 e. The summed E-state index contributed by atoms with van der Waals surface area (Å²) in [5, 5.41) is 9.80. The second kappa shape index (κ2) is 31.1. The molecule has 6 aromatic carbocycles. The van der Waals surface area contributed by atoms with Crippen LogP contribution in [0.25, 0.3) is 0 Å². The molecule has 1 heterocycles. The Balaban J connectivity index is 0.000000520. The van der Waals surface area contributed by atoms with Gasteiger partial charge in [-0.25, -0.2) is 4.98 Å². The zero-order chi connectivity index (χ0) is 47.3. The first-order valence-corrected chi connectivity index (χ1v) is 20.5. The minimum atomic E-state index is 0. The minimum Gasteiger partial charge on any atom is -0.508 e. The highest BCUT2D eigenvalue weighted by Gasteiger charge is 2.11. The summed E-state index contributed by atoms with van der Waals surface area (Å²) in [6, 6.07) is 39.6. The second-order valence-corrected chi connectivity index (χ2v) is 14.2. The van der Waals surface area contributed by atoms with E-state index in [1.54, 1.807) is 90.1 Å². The summed E-state index contributed by atoms with van der Waals surface area (Å²) in [6.45, 7) is 1.23. The van der Waals surface area contributed by atoms with E-state index in [-0.39, 0.29) is 41.3 Å². The van der Waals surface area contributed by atoms with Gasteiger partial charge in [-0.3, -0.25) is 4.79 Å². The molecule has 0 bridgehead atoms. The highest BCUT2D eigenvalue weighted by molar-refractivity contribution is 6.30. The van der Waals surface area contributed by atoms with Crippen molar-refractivity contribution in [2.24, 2.45) is 0 Å². The van der Waals surface area contributed by atoms with Crippen LogP contribution in [0.4, 0.5) is 5.82 Å². The summed E-state index contributed by atoms with van der Waals surface area (Å²) < 4.78 is 54.1. The van der Waals surface area contributed by atoms with E-state index >= 15 is 0 Å². The number of halogens is 1. The third-order valence-electron chi connectivity index (χ3n) is 9.34. The number of aromatic nitrogens is 1. The number of nitrogens with zero attached hydrogens (tertiary/aromatic N) is 1. The van der Waals surface area contributed by atoms with Gasteiger partial charge < -0.3 is 58.2 Å². The summed E-state index contributed by atoms with van der Waals surface area (Å²) in [5.41, 5.74) is 9.42. The summed E-state index contributed by atoms with van der Waals surface area (Å²) >= 11 is 5.93. The number of pyridine rings is 1. The zero-order valence-electron chi connectivity index (χ0n) is 37.3. The maximum absolute atomic E-state index is 10.7. The van der Waals surface area contributed by atoms with Gasteiger partial charge in [0, 0.05) is 30.0 Å². The van der Waals surface area contributed by atoms with Crippen LogP contribution in [0.15, 0.2) is 140 Å². The molecule has 0 unspecified atom stereocenters. The van der Waals surface area contributed by atoms with Crippen LogP contribution in [0, 0.1) is 0 Å². The first-order valence-electron chi connectivity index (χ1n) is 20.1. The predicted molar refractivity (Wildman–Crippen MR) is 279 cm³/mol. The molecule has 0 fully saturated rings. The molecule has 0 aliphatic heterocycles. The van der Waals surface area contributed by atoms with E-state index in [0.717, 1.165) is 40.2 Å². The van der Waals surface area contributed by atoms with Crippen molar-refractivity contribution in [3.05, 3.63) is 167 Å². The number of hydrogen-bond acceptors (Lipinski definition) is 14. The van der Waals surface area contributed by atoms with Crippen molar-refractivity contribution in [3.8, 4) is 69.0 Å². The number of phenols is 1. The van der Waals surface area contributed by atoms with Gasteiger partial charge >= 0.3 is 0 Å². The third kappa shape index (κ3) is 18.3. The van der Waals surface area contributed by atoms with Crippen LogP contribution in [0.1, 0.15) is 56.8 Å². The van der Waals surface area contributed by atoms with Crippen molar-refractivity contribution in [1.82, 2.24) is 4.98 Å². The molecule has 3 N–H and O–H groups in total. The Hall–Kier alpha value is -7.97. The lowest BCUT2D eigenvalue weighted by Gasteiger charge is -2.13. The molecule has 7 aromatic rings. The number of hydrogen-bond donors (Lipinski definition) is 2. The number of rotatable bonds is 18. The van der Waals surface area contributed by atoms with Crippen molar-refractivity contribution in [3.63, 3.8) is 0 Å². The Kier molecular flexibility index (Phi) is 26.7. The molecule has 0 saturated carbocycles. The fourth-order valence-corrected chi connectivity index (χ4v) is 5.92. The van der Waals surface area contributed by atoms with E-state index in [9.17, 15) is 9.90 Å². The van der Waals surface area contributed by atoms with Crippen LogP contribution in [0.5, 0.6) is 69.0 Å². The zero-order valence-corrected chi connectivity index (χ0v) is 38.1. The number of phenolic OH excluding ortho intramolecular Hbond substituents is 1. The highest BCUT2D eigenvalue weighted by Crippen LogP contribution is 2.36. The highest BCUT2D eigenvalue weighted by atomic mass is 35.5. The molecule has 7 rings (SSSR count). The maximum atomic E-state index is 10.7. The smallest absolute Gasteiger partial charge is 0.170 e. The van der Waals surface area contributed by atoms with Gasteiger partial charge in [0.25, 0.3) is 0 Å². The number of nitrogens with two attached hydrogens (primary N) is 1. The average Bonchev–Trinajstić information content (AvgIpc) is 3.36. The molecular formula is C55H67ClN2O12. The number of benzene rings is 6. The summed E-state index contributed by atoms with van der Waals surface area (Å²) in [7, 11) is 9.54. The van der Waals surface area contributed by atoms with Gasteiger partial charge in [-0.2, -0.15) is 0 Å². The van der Waals surface area contributed by atoms with Gasteiger partial charge in [0.1, 0.15) is 54.9 Å². The normalized spacial score (nSPS) is 9.53. The van der Waals surface area contributed by atoms with Crippen molar-refractivity contribution >= 4 is 23.7 Å². The van der Waals surface area contributed by atoms with Gasteiger partial charge in [-0.1, -0.05) is 77.7 Å². The Bertz CT molecular complexity index is 2590. The van der Waals surface area contributed by atoms with Gasteiger partial charge in [0.2, 0.25) is 0 Å². The van der Waals surface area contributed by atoms with E-state index in [2.05, 4.69) is 4.98 Å². The lowest BCUT2D eigenvalue weighted by Crippen LogP contribution is -1.99. The van der Waals surface area contributed by atoms with Crippen molar-refractivity contribution < 1.29 is 57.3 Å². The van der Waals surface area contributed by atoms with Crippen LogP contribution < -0.4 is 53.1 Å². The number of methoxy groups -OCH3 is 6. The number of ether oxygens (including phenoxy) is 10.